The Hall–Kier alpha value is -2.95. The molecular formula is C29H40O5. The number of methoxy groups -OCH3 is 1. The minimum Gasteiger partial charge on any atom is -0.494 e. The lowest BCUT2D eigenvalue weighted by molar-refractivity contribution is -0.128. The van der Waals surface area contributed by atoms with Crippen LogP contribution in [0.25, 0.3) is 6.08 Å². The molecule has 0 aliphatic carbocycles. The van der Waals surface area contributed by atoms with E-state index in [1.165, 1.54) is 38.2 Å². The van der Waals surface area contributed by atoms with Crippen molar-refractivity contribution < 1.29 is 23.7 Å². The summed E-state index contributed by atoms with van der Waals surface area (Å²) in [4.78, 5) is 12.2. The van der Waals surface area contributed by atoms with Crippen molar-refractivity contribution in [2.45, 2.75) is 71.6 Å². The fraction of sp³-hybridized carbons (Fsp3) is 0.483. The smallest absolute Gasteiger partial charge is 0.336 e. The molecule has 0 heterocycles. The van der Waals surface area contributed by atoms with Gasteiger partial charge in [0.05, 0.1) is 20.3 Å². The van der Waals surface area contributed by atoms with Crippen LogP contribution >= 0.6 is 0 Å². The van der Waals surface area contributed by atoms with E-state index in [0.717, 1.165) is 37.0 Å². The molecule has 0 aliphatic rings. The van der Waals surface area contributed by atoms with Gasteiger partial charge < -0.3 is 18.9 Å². The Morgan fingerprint density at radius 1 is 0.735 bits per heavy atom. The molecule has 0 spiro atoms. The van der Waals surface area contributed by atoms with Gasteiger partial charge >= 0.3 is 5.97 Å². The molecule has 34 heavy (non-hydrogen) atoms. The molecule has 0 amide bonds. The van der Waals surface area contributed by atoms with Gasteiger partial charge in [-0.1, -0.05) is 64.9 Å². The molecule has 5 nitrogen and oxygen atoms in total. The summed E-state index contributed by atoms with van der Waals surface area (Å²) < 4.78 is 22.4. The monoisotopic (exact) mass is 468 g/mol. The molecule has 2 rings (SSSR count). The highest BCUT2D eigenvalue weighted by atomic mass is 16.5. The molecular weight excluding hydrogens is 428 g/mol. The molecule has 0 N–H and O–H groups in total. The third-order valence-electron chi connectivity index (χ3n) is 5.41. The van der Waals surface area contributed by atoms with E-state index in [-0.39, 0.29) is 0 Å². The number of carbonyl (C=O) groups is 1. The van der Waals surface area contributed by atoms with E-state index in [4.69, 9.17) is 18.9 Å². The number of hydrogen-bond donors (Lipinski definition) is 0. The second-order valence-corrected chi connectivity index (χ2v) is 8.31. The van der Waals surface area contributed by atoms with Crippen molar-refractivity contribution >= 4 is 12.0 Å². The van der Waals surface area contributed by atoms with Crippen molar-refractivity contribution in [3.05, 3.63) is 54.1 Å². The first-order valence-corrected chi connectivity index (χ1v) is 12.6. The van der Waals surface area contributed by atoms with Gasteiger partial charge in [0.2, 0.25) is 0 Å². The summed E-state index contributed by atoms with van der Waals surface area (Å²) in [7, 11) is 1.62. The van der Waals surface area contributed by atoms with Crippen molar-refractivity contribution in [2.75, 3.05) is 20.3 Å². The summed E-state index contributed by atoms with van der Waals surface area (Å²) in [5, 5.41) is 0. The van der Waals surface area contributed by atoms with Crippen LogP contribution in [0.15, 0.2) is 48.5 Å². The second kappa shape index (κ2) is 16.6. The lowest BCUT2D eigenvalue weighted by Crippen LogP contribution is -2.04. The minimum absolute atomic E-state index is 0.445. The quantitative estimate of drug-likeness (QED) is 0.103. The maximum atomic E-state index is 12.2. The molecule has 0 unspecified atom stereocenters. The number of esters is 1. The average Bonchev–Trinajstić information content (AvgIpc) is 2.86. The molecule has 0 aliphatic heterocycles. The van der Waals surface area contributed by atoms with Crippen LogP contribution in [0.1, 0.15) is 77.2 Å². The predicted octanol–water partition coefficient (Wildman–Crippen LogP) is 7.62. The fourth-order valence-electron chi connectivity index (χ4n) is 3.43. The van der Waals surface area contributed by atoms with Gasteiger partial charge in [0.1, 0.15) is 11.5 Å². The van der Waals surface area contributed by atoms with Crippen LogP contribution in [0.4, 0.5) is 0 Å². The summed E-state index contributed by atoms with van der Waals surface area (Å²) in [6.45, 7) is 5.76. The first kappa shape index (κ1) is 27.3. The van der Waals surface area contributed by atoms with Crippen LogP contribution in [0, 0.1) is 0 Å². The Bertz CT molecular complexity index is 857. The highest BCUT2D eigenvalue weighted by molar-refractivity contribution is 5.88. The molecule has 5 heteroatoms. The molecule has 0 radical (unpaired) electrons. The normalized spacial score (nSPS) is 10.9. The second-order valence-electron chi connectivity index (χ2n) is 8.31. The summed E-state index contributed by atoms with van der Waals surface area (Å²) in [6, 6.07) is 12.7. The van der Waals surface area contributed by atoms with E-state index in [0.29, 0.717) is 30.5 Å². The summed E-state index contributed by atoms with van der Waals surface area (Å²) in [5.41, 5.74) is 0.830. The number of carbonyl (C=O) groups excluding carboxylic acids is 1. The fourth-order valence-corrected chi connectivity index (χ4v) is 3.43. The van der Waals surface area contributed by atoms with Crippen LogP contribution in [0.5, 0.6) is 23.0 Å². The Morgan fingerprint density at radius 2 is 1.35 bits per heavy atom. The Morgan fingerprint density at radius 3 is 2.09 bits per heavy atom. The van der Waals surface area contributed by atoms with Gasteiger partial charge in [-0.25, -0.2) is 4.79 Å². The lowest BCUT2D eigenvalue weighted by atomic mass is 10.1. The number of unbranched alkanes of at least 4 members (excludes halogenated alkanes) is 7. The molecule has 0 saturated heterocycles. The predicted molar refractivity (Wildman–Crippen MR) is 138 cm³/mol. The molecule has 2 aromatic carbocycles. The lowest BCUT2D eigenvalue weighted by Gasteiger charge is -2.11. The van der Waals surface area contributed by atoms with Crippen molar-refractivity contribution in [1.29, 1.82) is 0 Å². The van der Waals surface area contributed by atoms with Gasteiger partial charge in [-0.3, -0.25) is 0 Å². The van der Waals surface area contributed by atoms with Crippen LogP contribution in [0.3, 0.4) is 0 Å². The van der Waals surface area contributed by atoms with Gasteiger partial charge in [-0.2, -0.15) is 0 Å². The van der Waals surface area contributed by atoms with Gasteiger partial charge in [-0.05, 0) is 60.9 Å². The Kier molecular flexibility index (Phi) is 13.4. The number of benzene rings is 2. The number of rotatable bonds is 17. The van der Waals surface area contributed by atoms with E-state index in [2.05, 4.69) is 13.8 Å². The van der Waals surface area contributed by atoms with Gasteiger partial charge in [0.15, 0.2) is 11.5 Å². The SMILES string of the molecule is CCCCCCCCOc1ccc(C=CC(=O)Oc2ccc(OCCCCC)cc2)cc1OC. The van der Waals surface area contributed by atoms with E-state index in [1.807, 2.05) is 30.3 Å². The van der Waals surface area contributed by atoms with Crippen LogP contribution in [-0.4, -0.2) is 26.3 Å². The van der Waals surface area contributed by atoms with E-state index < -0.39 is 5.97 Å². The highest BCUT2D eigenvalue weighted by Gasteiger charge is 2.06. The largest absolute Gasteiger partial charge is 0.494 e. The zero-order chi connectivity index (χ0) is 24.4. The van der Waals surface area contributed by atoms with Crippen molar-refractivity contribution in [2.24, 2.45) is 0 Å². The van der Waals surface area contributed by atoms with Crippen molar-refractivity contribution in [1.82, 2.24) is 0 Å². The molecule has 0 aromatic heterocycles. The van der Waals surface area contributed by atoms with E-state index in [1.54, 1.807) is 25.3 Å². The van der Waals surface area contributed by atoms with E-state index in [9.17, 15) is 4.79 Å². The standard InChI is InChI=1S/C29H40O5/c1-4-6-8-9-10-12-22-33-27-19-13-24(23-28(27)31-3)14-20-29(30)34-26-17-15-25(16-18-26)32-21-11-7-5-2/h13-20,23H,4-12,21-22H2,1-3H3. The van der Waals surface area contributed by atoms with Crippen LogP contribution in [0.2, 0.25) is 0 Å². The van der Waals surface area contributed by atoms with Gasteiger partial charge in [-0.15, -0.1) is 0 Å². The number of hydrogen-bond acceptors (Lipinski definition) is 5. The van der Waals surface area contributed by atoms with Crippen molar-refractivity contribution in [3.63, 3.8) is 0 Å². The summed E-state index contributed by atoms with van der Waals surface area (Å²) in [5.74, 6) is 2.17. The molecule has 0 atom stereocenters. The minimum atomic E-state index is -0.445. The van der Waals surface area contributed by atoms with Gasteiger partial charge in [0.25, 0.3) is 0 Å². The first-order chi connectivity index (χ1) is 16.7. The zero-order valence-electron chi connectivity index (χ0n) is 21.0. The first-order valence-electron chi connectivity index (χ1n) is 12.6. The average molecular weight is 469 g/mol. The topological polar surface area (TPSA) is 54.0 Å². The molecule has 0 fully saturated rings. The Labute approximate surface area is 205 Å². The van der Waals surface area contributed by atoms with Gasteiger partial charge in [0, 0.05) is 6.08 Å². The maximum absolute atomic E-state index is 12.2. The molecule has 2 aromatic rings. The number of ether oxygens (including phenoxy) is 4. The van der Waals surface area contributed by atoms with Crippen molar-refractivity contribution in [3.8, 4) is 23.0 Å². The zero-order valence-corrected chi connectivity index (χ0v) is 21.0. The van der Waals surface area contributed by atoms with E-state index >= 15 is 0 Å². The summed E-state index contributed by atoms with van der Waals surface area (Å²) >= 11 is 0. The maximum Gasteiger partial charge on any atom is 0.336 e. The third kappa shape index (κ3) is 10.8. The van der Waals surface area contributed by atoms with Crippen LogP contribution < -0.4 is 18.9 Å². The third-order valence-corrected chi connectivity index (χ3v) is 5.41. The molecule has 186 valence electrons. The summed E-state index contributed by atoms with van der Waals surface area (Å²) in [6.07, 6.45) is 13.8. The van der Waals surface area contributed by atoms with Crippen LogP contribution in [-0.2, 0) is 4.79 Å². The highest BCUT2D eigenvalue weighted by Crippen LogP contribution is 2.29. The molecule has 0 saturated carbocycles. The Balaban J connectivity index is 1.79. The molecule has 0 bridgehead atoms.